The minimum absolute atomic E-state index is 0.398. The van der Waals surface area contributed by atoms with Gasteiger partial charge in [-0.2, -0.15) is 0 Å². The predicted octanol–water partition coefficient (Wildman–Crippen LogP) is 3.45. The van der Waals surface area contributed by atoms with Gasteiger partial charge in [0.05, 0.1) is 0 Å². The summed E-state index contributed by atoms with van der Waals surface area (Å²) >= 11 is 11.3. The van der Waals surface area contributed by atoms with Gasteiger partial charge in [0.25, 0.3) is 0 Å². The average Bonchev–Trinajstić information content (AvgIpc) is 2.80. The standard InChI is InChI=1S/C15H21ClN2S/c1-10(2)12-5-6-18(8-12)9-13-4-3-11(15(17)19)7-14(13)16/h3-4,7,10,12H,5-6,8-9H2,1-2H3,(H2,17,19). The van der Waals surface area contributed by atoms with Crippen LogP contribution in [0.4, 0.5) is 0 Å². The van der Waals surface area contributed by atoms with Crippen molar-refractivity contribution >= 4 is 28.8 Å². The number of halogens is 1. The molecule has 2 N–H and O–H groups in total. The summed E-state index contributed by atoms with van der Waals surface area (Å²) in [4.78, 5) is 2.88. The largest absolute Gasteiger partial charge is 0.389 e. The number of hydrogen-bond acceptors (Lipinski definition) is 2. The topological polar surface area (TPSA) is 29.3 Å². The summed E-state index contributed by atoms with van der Waals surface area (Å²) in [6, 6.07) is 5.87. The first-order valence-electron chi connectivity index (χ1n) is 6.78. The van der Waals surface area contributed by atoms with Crippen molar-refractivity contribution in [3.8, 4) is 0 Å². The highest BCUT2D eigenvalue weighted by atomic mass is 35.5. The van der Waals surface area contributed by atoms with E-state index in [1.165, 1.54) is 13.0 Å². The second kappa shape index (κ2) is 6.21. The Morgan fingerprint density at radius 1 is 1.53 bits per heavy atom. The summed E-state index contributed by atoms with van der Waals surface area (Å²) in [6.45, 7) is 7.86. The summed E-state index contributed by atoms with van der Waals surface area (Å²) in [6.07, 6.45) is 1.29. The third-order valence-electron chi connectivity index (χ3n) is 3.98. The van der Waals surface area contributed by atoms with Gasteiger partial charge in [-0.25, -0.2) is 0 Å². The van der Waals surface area contributed by atoms with E-state index in [2.05, 4.69) is 18.7 Å². The molecule has 0 radical (unpaired) electrons. The van der Waals surface area contributed by atoms with Crippen molar-refractivity contribution in [1.82, 2.24) is 4.90 Å². The molecule has 2 rings (SSSR count). The number of benzene rings is 1. The van der Waals surface area contributed by atoms with Crippen LogP contribution in [0.2, 0.25) is 5.02 Å². The van der Waals surface area contributed by atoms with Crippen molar-refractivity contribution in [2.75, 3.05) is 13.1 Å². The van der Waals surface area contributed by atoms with Gasteiger partial charge in [-0.15, -0.1) is 0 Å². The van der Waals surface area contributed by atoms with Crippen molar-refractivity contribution < 1.29 is 0 Å². The highest BCUT2D eigenvalue weighted by Gasteiger charge is 2.25. The monoisotopic (exact) mass is 296 g/mol. The van der Waals surface area contributed by atoms with E-state index < -0.39 is 0 Å². The Morgan fingerprint density at radius 2 is 2.26 bits per heavy atom. The molecule has 0 spiro atoms. The molecule has 1 heterocycles. The maximum Gasteiger partial charge on any atom is 0.104 e. The quantitative estimate of drug-likeness (QED) is 0.863. The number of nitrogens with zero attached hydrogens (tertiary/aromatic N) is 1. The lowest BCUT2D eigenvalue weighted by Gasteiger charge is -2.18. The number of nitrogens with two attached hydrogens (primary N) is 1. The lowest BCUT2D eigenvalue weighted by Crippen LogP contribution is -2.21. The van der Waals surface area contributed by atoms with Crippen LogP contribution in [0, 0.1) is 11.8 Å². The first-order valence-corrected chi connectivity index (χ1v) is 7.56. The molecule has 1 unspecified atom stereocenters. The molecule has 0 bridgehead atoms. The van der Waals surface area contributed by atoms with Gasteiger partial charge in [0, 0.05) is 23.7 Å². The van der Waals surface area contributed by atoms with Gasteiger partial charge in [-0.3, -0.25) is 4.90 Å². The van der Waals surface area contributed by atoms with Gasteiger partial charge >= 0.3 is 0 Å². The van der Waals surface area contributed by atoms with Crippen molar-refractivity contribution in [1.29, 1.82) is 0 Å². The number of hydrogen-bond donors (Lipinski definition) is 1. The van der Waals surface area contributed by atoms with Crippen LogP contribution in [0.3, 0.4) is 0 Å². The molecule has 1 atom stereocenters. The first kappa shape index (κ1) is 14.8. The molecular formula is C15H21ClN2S. The van der Waals surface area contributed by atoms with E-state index in [1.54, 1.807) is 0 Å². The van der Waals surface area contributed by atoms with Gasteiger partial charge in [0.2, 0.25) is 0 Å². The Balaban J connectivity index is 2.02. The van der Waals surface area contributed by atoms with E-state index in [0.29, 0.717) is 4.99 Å². The smallest absolute Gasteiger partial charge is 0.104 e. The molecule has 0 aromatic heterocycles. The van der Waals surface area contributed by atoms with Gasteiger partial charge in [0.15, 0.2) is 0 Å². The van der Waals surface area contributed by atoms with Crippen molar-refractivity contribution in [2.45, 2.75) is 26.8 Å². The van der Waals surface area contributed by atoms with Crippen LogP contribution in [-0.4, -0.2) is 23.0 Å². The van der Waals surface area contributed by atoms with Crippen molar-refractivity contribution in [3.63, 3.8) is 0 Å². The van der Waals surface area contributed by atoms with E-state index in [0.717, 1.165) is 41.1 Å². The maximum atomic E-state index is 6.31. The number of thiocarbonyl (C=S) groups is 1. The Labute approximate surface area is 125 Å². The Hall–Kier alpha value is -0.640. The van der Waals surface area contributed by atoms with Crippen LogP contribution in [0.25, 0.3) is 0 Å². The van der Waals surface area contributed by atoms with Gasteiger partial charge in [-0.1, -0.05) is 49.8 Å². The lowest BCUT2D eigenvalue weighted by molar-refractivity contribution is 0.297. The zero-order valence-corrected chi connectivity index (χ0v) is 13.1. The molecule has 1 fully saturated rings. The minimum Gasteiger partial charge on any atom is -0.389 e. The van der Waals surface area contributed by atoms with Crippen LogP contribution in [0.1, 0.15) is 31.4 Å². The second-order valence-corrected chi connectivity index (χ2v) is 6.55. The van der Waals surface area contributed by atoms with Crippen LogP contribution >= 0.6 is 23.8 Å². The SMILES string of the molecule is CC(C)C1CCN(Cc2ccc(C(N)=S)cc2Cl)C1. The summed E-state index contributed by atoms with van der Waals surface area (Å²) in [5, 5.41) is 0.762. The fourth-order valence-electron chi connectivity index (χ4n) is 2.62. The van der Waals surface area contributed by atoms with E-state index in [-0.39, 0.29) is 0 Å². The summed E-state index contributed by atoms with van der Waals surface area (Å²) in [5.41, 5.74) is 7.61. The number of likely N-dealkylation sites (tertiary alicyclic amines) is 1. The van der Waals surface area contributed by atoms with Crippen LogP contribution in [0.15, 0.2) is 18.2 Å². The Morgan fingerprint density at radius 3 is 2.79 bits per heavy atom. The van der Waals surface area contributed by atoms with E-state index >= 15 is 0 Å². The molecule has 0 aliphatic carbocycles. The lowest BCUT2D eigenvalue weighted by atomic mass is 9.95. The molecular weight excluding hydrogens is 276 g/mol. The molecule has 4 heteroatoms. The highest BCUT2D eigenvalue weighted by Crippen LogP contribution is 2.27. The molecule has 1 aliphatic rings. The molecule has 104 valence electrons. The number of rotatable bonds is 4. The van der Waals surface area contributed by atoms with Gasteiger partial charge in [-0.05, 0) is 36.4 Å². The summed E-state index contributed by atoms with van der Waals surface area (Å²) < 4.78 is 0. The molecule has 1 aromatic carbocycles. The van der Waals surface area contributed by atoms with Crippen LogP contribution in [0.5, 0.6) is 0 Å². The predicted molar refractivity (Wildman–Crippen MR) is 85.6 cm³/mol. The normalized spacial score (nSPS) is 20.1. The molecule has 1 aliphatic heterocycles. The first-order chi connectivity index (χ1) is 8.97. The van der Waals surface area contributed by atoms with Crippen LogP contribution < -0.4 is 5.73 Å². The van der Waals surface area contributed by atoms with Crippen molar-refractivity contribution in [2.24, 2.45) is 17.6 Å². The van der Waals surface area contributed by atoms with Crippen LogP contribution in [-0.2, 0) is 6.54 Å². The molecule has 0 saturated carbocycles. The van der Waals surface area contributed by atoms with E-state index in [4.69, 9.17) is 29.6 Å². The average molecular weight is 297 g/mol. The summed E-state index contributed by atoms with van der Waals surface area (Å²) in [5.74, 6) is 1.58. The minimum atomic E-state index is 0.398. The third-order valence-corrected chi connectivity index (χ3v) is 4.57. The Kier molecular flexibility index (Phi) is 4.82. The van der Waals surface area contributed by atoms with Crippen molar-refractivity contribution in [3.05, 3.63) is 34.3 Å². The molecule has 0 amide bonds. The Bertz CT molecular complexity index is 473. The fourth-order valence-corrected chi connectivity index (χ4v) is 2.99. The van der Waals surface area contributed by atoms with E-state index in [1.807, 2.05) is 18.2 Å². The van der Waals surface area contributed by atoms with E-state index in [9.17, 15) is 0 Å². The fraction of sp³-hybridized carbons (Fsp3) is 0.533. The molecule has 2 nitrogen and oxygen atoms in total. The molecule has 19 heavy (non-hydrogen) atoms. The maximum absolute atomic E-state index is 6.31. The summed E-state index contributed by atoms with van der Waals surface area (Å²) in [7, 11) is 0. The zero-order valence-electron chi connectivity index (χ0n) is 11.5. The van der Waals surface area contributed by atoms with Gasteiger partial charge < -0.3 is 5.73 Å². The zero-order chi connectivity index (χ0) is 14.0. The molecule has 1 aromatic rings. The highest BCUT2D eigenvalue weighted by molar-refractivity contribution is 7.80. The second-order valence-electron chi connectivity index (χ2n) is 5.70. The third kappa shape index (κ3) is 3.68. The van der Waals surface area contributed by atoms with Gasteiger partial charge in [0.1, 0.15) is 4.99 Å². The molecule has 1 saturated heterocycles.